The lowest BCUT2D eigenvalue weighted by Crippen LogP contribution is -2.15. The molecular weight excluding hydrogens is 254 g/mol. The van der Waals surface area contributed by atoms with Crippen LogP contribution in [0.4, 0.5) is 11.9 Å². The van der Waals surface area contributed by atoms with E-state index in [0.717, 1.165) is 18.9 Å². The first-order valence-electron chi connectivity index (χ1n) is 7.55. The number of hydrogen-bond acceptors (Lipinski definition) is 6. The van der Waals surface area contributed by atoms with Crippen molar-refractivity contribution in [2.24, 2.45) is 5.92 Å². The number of nitrogen functional groups attached to an aromatic ring is 1. The van der Waals surface area contributed by atoms with Gasteiger partial charge in [0.25, 0.3) is 0 Å². The van der Waals surface area contributed by atoms with Crippen molar-refractivity contribution in [3.63, 3.8) is 0 Å². The van der Waals surface area contributed by atoms with Crippen LogP contribution < -0.4 is 15.8 Å². The normalized spacial score (nSPS) is 16.4. The van der Waals surface area contributed by atoms with Crippen molar-refractivity contribution in [2.45, 2.75) is 58.5 Å². The van der Waals surface area contributed by atoms with E-state index in [2.05, 4.69) is 20.3 Å². The molecule has 1 heterocycles. The number of aromatic nitrogens is 3. The zero-order valence-corrected chi connectivity index (χ0v) is 12.4. The van der Waals surface area contributed by atoms with Crippen LogP contribution >= 0.6 is 0 Å². The van der Waals surface area contributed by atoms with Crippen LogP contribution in [0.3, 0.4) is 0 Å². The van der Waals surface area contributed by atoms with E-state index in [1.54, 1.807) is 0 Å². The van der Waals surface area contributed by atoms with E-state index in [0.29, 0.717) is 5.95 Å². The van der Waals surface area contributed by atoms with Crippen molar-refractivity contribution < 1.29 is 4.74 Å². The maximum absolute atomic E-state index is 5.67. The van der Waals surface area contributed by atoms with Gasteiger partial charge in [0, 0.05) is 6.54 Å². The van der Waals surface area contributed by atoms with Crippen molar-refractivity contribution in [2.75, 3.05) is 17.6 Å². The van der Waals surface area contributed by atoms with Gasteiger partial charge in [0.05, 0.1) is 6.10 Å². The zero-order chi connectivity index (χ0) is 14.4. The lowest BCUT2D eigenvalue weighted by atomic mass is 9.87. The Kier molecular flexibility index (Phi) is 5.38. The third-order valence-corrected chi connectivity index (χ3v) is 3.53. The molecule has 0 saturated heterocycles. The van der Waals surface area contributed by atoms with Crippen LogP contribution in [0.25, 0.3) is 0 Å². The summed E-state index contributed by atoms with van der Waals surface area (Å²) in [4.78, 5) is 12.3. The Bertz CT molecular complexity index is 418. The topological polar surface area (TPSA) is 86.0 Å². The summed E-state index contributed by atoms with van der Waals surface area (Å²) < 4.78 is 5.45. The molecule has 2 rings (SSSR count). The third kappa shape index (κ3) is 4.83. The standard InChI is InChI=1S/C14H25N5O/c1-10(2)20-14-18-12(15)17-13(19-14)16-9-8-11-6-4-3-5-7-11/h10-11H,3-9H2,1-2H3,(H3,15,16,17,18,19). The minimum atomic E-state index is 0.0203. The molecule has 0 spiro atoms. The average Bonchev–Trinajstić information content (AvgIpc) is 2.38. The van der Waals surface area contributed by atoms with Gasteiger partial charge in [0.2, 0.25) is 11.9 Å². The molecule has 3 N–H and O–H groups in total. The molecule has 0 radical (unpaired) electrons. The Morgan fingerprint density at radius 1 is 1.20 bits per heavy atom. The zero-order valence-electron chi connectivity index (χ0n) is 12.4. The van der Waals surface area contributed by atoms with E-state index in [9.17, 15) is 0 Å². The summed E-state index contributed by atoms with van der Waals surface area (Å²) in [6, 6.07) is 0.285. The van der Waals surface area contributed by atoms with Crippen LogP contribution in [-0.4, -0.2) is 27.6 Å². The van der Waals surface area contributed by atoms with Gasteiger partial charge in [-0.25, -0.2) is 0 Å². The second-order valence-corrected chi connectivity index (χ2v) is 5.69. The summed E-state index contributed by atoms with van der Waals surface area (Å²) in [5.74, 6) is 1.53. The summed E-state index contributed by atoms with van der Waals surface area (Å²) in [5, 5.41) is 3.22. The Hall–Kier alpha value is -1.59. The Labute approximate surface area is 120 Å². The van der Waals surface area contributed by atoms with Crippen molar-refractivity contribution in [3.8, 4) is 6.01 Å². The van der Waals surface area contributed by atoms with E-state index in [4.69, 9.17) is 10.5 Å². The van der Waals surface area contributed by atoms with Crippen molar-refractivity contribution in [1.29, 1.82) is 0 Å². The predicted octanol–water partition coefficient (Wildman–Crippen LogP) is 2.62. The average molecular weight is 279 g/mol. The summed E-state index contributed by atoms with van der Waals surface area (Å²) in [5.41, 5.74) is 5.67. The van der Waals surface area contributed by atoms with Crippen molar-refractivity contribution >= 4 is 11.9 Å². The Balaban J connectivity index is 1.83. The van der Waals surface area contributed by atoms with E-state index < -0.39 is 0 Å². The van der Waals surface area contributed by atoms with Crippen LogP contribution in [0, 0.1) is 5.92 Å². The van der Waals surface area contributed by atoms with Gasteiger partial charge in [0.1, 0.15) is 0 Å². The van der Waals surface area contributed by atoms with Crippen molar-refractivity contribution in [3.05, 3.63) is 0 Å². The van der Waals surface area contributed by atoms with Crippen LogP contribution in [0.1, 0.15) is 52.4 Å². The Morgan fingerprint density at radius 3 is 2.65 bits per heavy atom. The number of nitrogens with zero attached hydrogens (tertiary/aromatic N) is 3. The quantitative estimate of drug-likeness (QED) is 0.832. The maximum atomic E-state index is 5.67. The molecule has 0 unspecified atom stereocenters. The second kappa shape index (κ2) is 7.26. The number of nitrogens with two attached hydrogens (primary N) is 1. The lowest BCUT2D eigenvalue weighted by molar-refractivity contribution is 0.222. The van der Waals surface area contributed by atoms with Gasteiger partial charge in [-0.15, -0.1) is 0 Å². The summed E-state index contributed by atoms with van der Waals surface area (Å²) in [6.45, 7) is 4.72. The maximum Gasteiger partial charge on any atom is 0.323 e. The fourth-order valence-corrected chi connectivity index (χ4v) is 2.58. The van der Waals surface area contributed by atoms with Crippen LogP contribution in [-0.2, 0) is 0 Å². The molecular formula is C14H25N5O. The molecule has 0 bridgehead atoms. The molecule has 0 aromatic carbocycles. The van der Waals surface area contributed by atoms with Crippen LogP contribution in [0.15, 0.2) is 0 Å². The highest BCUT2D eigenvalue weighted by atomic mass is 16.5. The first-order chi connectivity index (χ1) is 9.63. The molecule has 0 aliphatic heterocycles. The highest BCUT2D eigenvalue weighted by Gasteiger charge is 2.13. The van der Waals surface area contributed by atoms with E-state index >= 15 is 0 Å². The predicted molar refractivity (Wildman–Crippen MR) is 79.7 cm³/mol. The van der Waals surface area contributed by atoms with E-state index in [1.807, 2.05) is 13.8 Å². The number of nitrogens with one attached hydrogen (secondary N) is 1. The summed E-state index contributed by atoms with van der Waals surface area (Å²) in [6.07, 6.45) is 8.01. The van der Waals surface area contributed by atoms with Crippen LogP contribution in [0.2, 0.25) is 0 Å². The highest BCUT2D eigenvalue weighted by molar-refractivity contribution is 5.32. The molecule has 6 nitrogen and oxygen atoms in total. The molecule has 1 fully saturated rings. The molecule has 1 aromatic heterocycles. The molecule has 1 aliphatic carbocycles. The molecule has 112 valence electrons. The van der Waals surface area contributed by atoms with Crippen molar-refractivity contribution in [1.82, 2.24) is 15.0 Å². The highest BCUT2D eigenvalue weighted by Crippen LogP contribution is 2.26. The first kappa shape index (κ1) is 14.8. The van der Waals surface area contributed by atoms with Gasteiger partial charge in [0.15, 0.2) is 0 Å². The molecule has 1 saturated carbocycles. The van der Waals surface area contributed by atoms with Gasteiger partial charge in [-0.1, -0.05) is 32.1 Å². The van der Waals surface area contributed by atoms with Gasteiger partial charge in [-0.05, 0) is 26.2 Å². The van der Waals surface area contributed by atoms with Gasteiger partial charge in [-0.3, -0.25) is 0 Å². The molecule has 1 aliphatic rings. The minimum absolute atomic E-state index is 0.0203. The molecule has 20 heavy (non-hydrogen) atoms. The van der Waals surface area contributed by atoms with E-state index in [1.165, 1.54) is 32.1 Å². The summed E-state index contributed by atoms with van der Waals surface area (Å²) in [7, 11) is 0. The molecule has 6 heteroatoms. The fourth-order valence-electron chi connectivity index (χ4n) is 2.58. The number of anilines is 2. The molecule has 0 atom stereocenters. The minimum Gasteiger partial charge on any atom is -0.461 e. The molecule has 0 amide bonds. The van der Waals surface area contributed by atoms with Gasteiger partial charge < -0.3 is 15.8 Å². The summed E-state index contributed by atoms with van der Waals surface area (Å²) >= 11 is 0. The SMILES string of the molecule is CC(C)Oc1nc(N)nc(NCCC2CCCCC2)n1. The third-order valence-electron chi connectivity index (χ3n) is 3.53. The fraction of sp³-hybridized carbons (Fsp3) is 0.786. The number of rotatable bonds is 6. The second-order valence-electron chi connectivity index (χ2n) is 5.69. The van der Waals surface area contributed by atoms with Gasteiger partial charge in [-0.2, -0.15) is 15.0 Å². The number of ether oxygens (including phenoxy) is 1. The monoisotopic (exact) mass is 279 g/mol. The largest absolute Gasteiger partial charge is 0.461 e. The first-order valence-corrected chi connectivity index (χ1v) is 7.55. The van der Waals surface area contributed by atoms with E-state index in [-0.39, 0.29) is 18.1 Å². The van der Waals surface area contributed by atoms with Gasteiger partial charge >= 0.3 is 6.01 Å². The number of hydrogen-bond donors (Lipinski definition) is 2. The molecule has 1 aromatic rings. The van der Waals surface area contributed by atoms with Crippen LogP contribution in [0.5, 0.6) is 6.01 Å². The smallest absolute Gasteiger partial charge is 0.323 e. The lowest BCUT2D eigenvalue weighted by Gasteiger charge is -2.21. The Morgan fingerprint density at radius 2 is 1.95 bits per heavy atom.